The minimum absolute atomic E-state index is 0.0198. The molecule has 4 aromatic rings. The molecule has 0 spiro atoms. The fraction of sp³-hybridized carbons (Fsp3) is 0.238. The summed E-state index contributed by atoms with van der Waals surface area (Å²) in [5.41, 5.74) is 3.46. The fourth-order valence-corrected chi connectivity index (χ4v) is 5.72. The Morgan fingerprint density at radius 2 is 2.07 bits per heavy atom. The third kappa shape index (κ3) is 3.18. The summed E-state index contributed by atoms with van der Waals surface area (Å²) in [6.07, 6.45) is 4.77. The Morgan fingerprint density at radius 3 is 2.86 bits per heavy atom. The quantitative estimate of drug-likeness (QED) is 0.466. The van der Waals surface area contributed by atoms with Gasteiger partial charge < -0.3 is 4.74 Å². The summed E-state index contributed by atoms with van der Waals surface area (Å²) >= 11 is 3.16. The number of thiazole rings is 1. The van der Waals surface area contributed by atoms with E-state index in [1.54, 1.807) is 34.4 Å². The molecule has 0 fully saturated rings. The SMILES string of the molecule is COC(=O)c1ccc(-c2nc(Cn3cnc4sc5c(c4c3=O)CCC5)cs2)cc1. The maximum absolute atomic E-state index is 13.0. The van der Waals surface area contributed by atoms with Gasteiger partial charge in [0.15, 0.2) is 0 Å². The Bertz CT molecular complexity index is 1280. The standard InChI is InChI=1S/C21H17N3O3S2/c1-27-21(26)13-7-5-12(6-8-13)18-23-14(10-28-18)9-24-11-22-19-17(20(24)25)15-3-2-4-16(15)29-19/h5-8,10-11H,2-4,9H2,1H3. The highest BCUT2D eigenvalue weighted by atomic mass is 32.1. The second kappa shape index (κ2) is 7.20. The van der Waals surface area contributed by atoms with E-state index < -0.39 is 0 Å². The number of rotatable bonds is 4. The molecule has 0 bridgehead atoms. The number of methoxy groups -OCH3 is 1. The highest BCUT2D eigenvalue weighted by Gasteiger charge is 2.21. The van der Waals surface area contributed by atoms with Crippen LogP contribution in [-0.4, -0.2) is 27.6 Å². The molecule has 1 aliphatic rings. The molecule has 29 heavy (non-hydrogen) atoms. The van der Waals surface area contributed by atoms with E-state index in [4.69, 9.17) is 4.74 Å². The van der Waals surface area contributed by atoms with E-state index in [0.29, 0.717) is 12.1 Å². The van der Waals surface area contributed by atoms with Crippen LogP contribution in [0.3, 0.4) is 0 Å². The van der Waals surface area contributed by atoms with E-state index in [9.17, 15) is 9.59 Å². The normalized spacial score (nSPS) is 13.0. The molecule has 8 heteroatoms. The van der Waals surface area contributed by atoms with Gasteiger partial charge in [-0.15, -0.1) is 22.7 Å². The average molecular weight is 424 g/mol. The van der Waals surface area contributed by atoms with Crippen LogP contribution in [0.25, 0.3) is 20.8 Å². The summed E-state index contributed by atoms with van der Waals surface area (Å²) < 4.78 is 6.37. The minimum Gasteiger partial charge on any atom is -0.465 e. The average Bonchev–Trinajstić information content (AvgIpc) is 3.46. The van der Waals surface area contributed by atoms with Gasteiger partial charge in [0.05, 0.1) is 36.6 Å². The van der Waals surface area contributed by atoms with Gasteiger partial charge in [0.2, 0.25) is 0 Å². The van der Waals surface area contributed by atoms with Crippen LogP contribution in [0.15, 0.2) is 40.8 Å². The van der Waals surface area contributed by atoms with Crippen LogP contribution in [0.1, 0.15) is 32.9 Å². The molecule has 0 unspecified atom stereocenters. The highest BCUT2D eigenvalue weighted by Crippen LogP contribution is 2.34. The molecule has 0 amide bonds. The minimum atomic E-state index is -0.362. The number of nitrogens with zero attached hydrogens (tertiary/aromatic N) is 3. The summed E-state index contributed by atoms with van der Waals surface area (Å²) in [6.45, 7) is 0.392. The number of hydrogen-bond acceptors (Lipinski definition) is 7. The van der Waals surface area contributed by atoms with Crippen molar-refractivity contribution in [3.8, 4) is 10.6 Å². The molecule has 0 saturated heterocycles. The molecule has 146 valence electrons. The molecule has 1 aliphatic carbocycles. The number of benzene rings is 1. The molecule has 6 nitrogen and oxygen atoms in total. The zero-order valence-corrected chi connectivity index (χ0v) is 17.3. The summed E-state index contributed by atoms with van der Waals surface area (Å²) in [6, 6.07) is 7.15. The van der Waals surface area contributed by atoms with E-state index in [2.05, 4.69) is 9.97 Å². The maximum atomic E-state index is 13.0. The Kier molecular flexibility index (Phi) is 4.52. The molecule has 0 saturated carbocycles. The molecular weight excluding hydrogens is 406 g/mol. The molecule has 1 aromatic carbocycles. The monoisotopic (exact) mass is 423 g/mol. The van der Waals surface area contributed by atoms with Crippen LogP contribution in [0, 0.1) is 0 Å². The first kappa shape index (κ1) is 18.2. The van der Waals surface area contributed by atoms with Crippen molar-refractivity contribution in [1.82, 2.24) is 14.5 Å². The van der Waals surface area contributed by atoms with E-state index >= 15 is 0 Å². The lowest BCUT2D eigenvalue weighted by atomic mass is 10.1. The van der Waals surface area contributed by atoms with Gasteiger partial charge in [-0.25, -0.2) is 14.8 Å². The molecule has 3 aromatic heterocycles. The fourth-order valence-electron chi connectivity index (χ4n) is 3.69. The van der Waals surface area contributed by atoms with Crippen molar-refractivity contribution >= 4 is 38.9 Å². The maximum Gasteiger partial charge on any atom is 0.337 e. The van der Waals surface area contributed by atoms with E-state index in [1.165, 1.54) is 28.9 Å². The van der Waals surface area contributed by atoms with Crippen LogP contribution in [0.5, 0.6) is 0 Å². The number of esters is 1. The number of carbonyl (C=O) groups is 1. The molecule has 0 N–H and O–H groups in total. The first-order valence-electron chi connectivity index (χ1n) is 9.27. The number of ether oxygens (including phenoxy) is 1. The number of carbonyl (C=O) groups excluding carboxylic acids is 1. The van der Waals surface area contributed by atoms with Crippen molar-refractivity contribution in [2.24, 2.45) is 0 Å². The zero-order chi connectivity index (χ0) is 20.0. The lowest BCUT2D eigenvalue weighted by Gasteiger charge is -2.04. The van der Waals surface area contributed by atoms with Gasteiger partial charge in [-0.2, -0.15) is 0 Å². The number of hydrogen-bond donors (Lipinski definition) is 0. The van der Waals surface area contributed by atoms with Gasteiger partial charge in [0.1, 0.15) is 9.84 Å². The van der Waals surface area contributed by atoms with E-state index in [1.807, 2.05) is 17.5 Å². The smallest absolute Gasteiger partial charge is 0.337 e. The number of aromatic nitrogens is 3. The van der Waals surface area contributed by atoms with Crippen LogP contribution >= 0.6 is 22.7 Å². The van der Waals surface area contributed by atoms with Crippen molar-refractivity contribution in [1.29, 1.82) is 0 Å². The van der Waals surface area contributed by atoms with Crippen molar-refractivity contribution in [3.63, 3.8) is 0 Å². The summed E-state index contributed by atoms with van der Waals surface area (Å²) in [4.78, 5) is 35.9. The highest BCUT2D eigenvalue weighted by molar-refractivity contribution is 7.18. The second-order valence-electron chi connectivity index (χ2n) is 6.93. The molecule has 5 rings (SSSR count). The van der Waals surface area contributed by atoms with Crippen molar-refractivity contribution in [2.45, 2.75) is 25.8 Å². The van der Waals surface area contributed by atoms with Crippen LogP contribution in [0.4, 0.5) is 0 Å². The van der Waals surface area contributed by atoms with Crippen LogP contribution < -0.4 is 5.56 Å². The Morgan fingerprint density at radius 1 is 1.24 bits per heavy atom. The molecule has 3 heterocycles. The zero-order valence-electron chi connectivity index (χ0n) is 15.7. The number of aryl methyl sites for hydroxylation is 2. The third-order valence-corrected chi connectivity index (χ3v) is 7.27. The van der Waals surface area contributed by atoms with E-state index in [-0.39, 0.29) is 11.5 Å². The van der Waals surface area contributed by atoms with Gasteiger partial charge in [0, 0.05) is 15.8 Å². The number of thiophene rings is 1. The lowest BCUT2D eigenvalue weighted by molar-refractivity contribution is 0.0601. The molecular formula is C21H17N3O3S2. The van der Waals surface area contributed by atoms with E-state index in [0.717, 1.165) is 45.7 Å². The third-order valence-electron chi connectivity index (χ3n) is 5.13. The second-order valence-corrected chi connectivity index (χ2v) is 8.87. The van der Waals surface area contributed by atoms with Crippen molar-refractivity contribution < 1.29 is 9.53 Å². The summed E-state index contributed by atoms with van der Waals surface area (Å²) in [5, 5.41) is 3.59. The first-order valence-corrected chi connectivity index (χ1v) is 11.0. The predicted molar refractivity (Wildman–Crippen MR) is 114 cm³/mol. The summed E-state index contributed by atoms with van der Waals surface area (Å²) in [7, 11) is 1.36. The van der Waals surface area contributed by atoms with Gasteiger partial charge in [-0.1, -0.05) is 12.1 Å². The summed E-state index contributed by atoms with van der Waals surface area (Å²) in [5.74, 6) is -0.362. The van der Waals surface area contributed by atoms with Gasteiger partial charge in [-0.3, -0.25) is 9.36 Å². The molecule has 0 radical (unpaired) electrons. The van der Waals surface area contributed by atoms with Crippen LogP contribution in [0.2, 0.25) is 0 Å². The predicted octanol–water partition coefficient (Wildman–Crippen LogP) is 3.91. The van der Waals surface area contributed by atoms with Gasteiger partial charge >= 0.3 is 5.97 Å². The largest absolute Gasteiger partial charge is 0.465 e. The van der Waals surface area contributed by atoms with Crippen LogP contribution in [-0.2, 0) is 24.1 Å². The molecule has 0 atom stereocenters. The van der Waals surface area contributed by atoms with Gasteiger partial charge in [-0.05, 0) is 37.0 Å². The lowest BCUT2D eigenvalue weighted by Crippen LogP contribution is -2.21. The topological polar surface area (TPSA) is 74.1 Å². The Hall–Kier alpha value is -2.84. The van der Waals surface area contributed by atoms with Crippen molar-refractivity contribution in [3.05, 3.63) is 68.0 Å². The van der Waals surface area contributed by atoms with Crippen molar-refractivity contribution in [2.75, 3.05) is 7.11 Å². The molecule has 0 aliphatic heterocycles. The number of fused-ring (bicyclic) bond motifs is 3. The van der Waals surface area contributed by atoms with Gasteiger partial charge in [0.25, 0.3) is 5.56 Å². The Labute approximate surface area is 174 Å². The first-order chi connectivity index (χ1) is 14.1. The Balaban J connectivity index is 1.42.